The number of rotatable bonds is 3. The summed E-state index contributed by atoms with van der Waals surface area (Å²) in [5.41, 5.74) is 1.09. The molecule has 0 saturated carbocycles. The third-order valence-corrected chi connectivity index (χ3v) is 2.05. The van der Waals surface area contributed by atoms with E-state index in [1.807, 2.05) is 0 Å². The highest BCUT2D eigenvalue weighted by Crippen LogP contribution is 2.22. The molecule has 84 valence electrons. The van der Waals surface area contributed by atoms with Crippen molar-refractivity contribution in [3.8, 4) is 5.75 Å². The number of carbonyl (C=O) groups is 1. The minimum absolute atomic E-state index is 0.0926. The maximum Gasteiger partial charge on any atom is 0.296 e. The lowest BCUT2D eigenvalue weighted by Crippen LogP contribution is -2.26. The topological polar surface area (TPSA) is 87.4 Å². The van der Waals surface area contributed by atoms with Gasteiger partial charge in [0, 0.05) is 13.1 Å². The van der Waals surface area contributed by atoms with E-state index in [0.717, 1.165) is 0 Å². The standard InChI is InChI=1S/C10H11N3O3/c1-11-9(15)5-12-10-13-7-3-2-6(14)4-8(7)16-10/h2-4,14H,5H2,1H3,(H,11,15)(H,12,13). The Balaban J connectivity index is 2.16. The third-order valence-electron chi connectivity index (χ3n) is 2.05. The van der Waals surface area contributed by atoms with Crippen molar-refractivity contribution in [2.45, 2.75) is 0 Å². The van der Waals surface area contributed by atoms with E-state index in [4.69, 9.17) is 4.42 Å². The molecule has 2 rings (SSSR count). The van der Waals surface area contributed by atoms with Crippen molar-refractivity contribution >= 4 is 23.0 Å². The maximum atomic E-state index is 11.0. The lowest BCUT2D eigenvalue weighted by atomic mass is 10.3. The van der Waals surface area contributed by atoms with Gasteiger partial charge in [0.05, 0.1) is 6.54 Å². The number of oxazole rings is 1. The Hall–Kier alpha value is -2.24. The van der Waals surface area contributed by atoms with Gasteiger partial charge in [-0.2, -0.15) is 4.98 Å². The van der Waals surface area contributed by atoms with Crippen molar-refractivity contribution in [3.63, 3.8) is 0 Å². The number of phenolic OH excluding ortho intramolecular Hbond substituents is 1. The fourth-order valence-electron chi connectivity index (χ4n) is 1.23. The summed E-state index contributed by atoms with van der Waals surface area (Å²) in [4.78, 5) is 15.1. The molecule has 1 aromatic heterocycles. The number of fused-ring (bicyclic) bond motifs is 1. The zero-order valence-electron chi connectivity index (χ0n) is 8.65. The van der Waals surface area contributed by atoms with E-state index in [1.165, 1.54) is 12.1 Å². The molecule has 3 N–H and O–H groups in total. The molecule has 2 aromatic rings. The Bertz CT molecular complexity index is 521. The fourth-order valence-corrected chi connectivity index (χ4v) is 1.23. The Kier molecular flexibility index (Phi) is 2.63. The highest BCUT2D eigenvalue weighted by atomic mass is 16.4. The summed E-state index contributed by atoms with van der Waals surface area (Å²) in [5.74, 6) is -0.0494. The molecule has 0 aliphatic rings. The molecule has 0 fully saturated rings. The van der Waals surface area contributed by atoms with E-state index in [2.05, 4.69) is 15.6 Å². The second-order valence-electron chi connectivity index (χ2n) is 3.20. The fraction of sp³-hybridized carbons (Fsp3) is 0.200. The average molecular weight is 221 g/mol. The minimum atomic E-state index is -0.162. The van der Waals surface area contributed by atoms with Crippen LogP contribution in [0.2, 0.25) is 0 Å². The Labute approximate surface area is 91.3 Å². The molecule has 0 saturated heterocycles. The monoisotopic (exact) mass is 221 g/mol. The number of benzene rings is 1. The first-order valence-electron chi connectivity index (χ1n) is 4.73. The van der Waals surface area contributed by atoms with Gasteiger partial charge in [0.15, 0.2) is 5.58 Å². The number of amides is 1. The van der Waals surface area contributed by atoms with Gasteiger partial charge in [0.25, 0.3) is 6.01 Å². The first-order valence-corrected chi connectivity index (χ1v) is 4.73. The van der Waals surface area contributed by atoms with Gasteiger partial charge in [0.2, 0.25) is 5.91 Å². The number of hydrogen-bond acceptors (Lipinski definition) is 5. The average Bonchev–Trinajstić information content (AvgIpc) is 2.67. The highest BCUT2D eigenvalue weighted by molar-refractivity contribution is 5.81. The number of likely N-dealkylation sites (N-methyl/N-ethyl adjacent to an activating group) is 1. The molecule has 0 bridgehead atoms. The molecule has 16 heavy (non-hydrogen) atoms. The lowest BCUT2D eigenvalue weighted by molar-refractivity contribution is -0.118. The summed E-state index contributed by atoms with van der Waals surface area (Å²) in [6, 6.07) is 4.88. The number of aromatic hydroxyl groups is 1. The van der Waals surface area contributed by atoms with Crippen molar-refractivity contribution in [1.82, 2.24) is 10.3 Å². The van der Waals surface area contributed by atoms with Crippen LogP contribution in [0.3, 0.4) is 0 Å². The van der Waals surface area contributed by atoms with E-state index >= 15 is 0 Å². The molecular formula is C10H11N3O3. The molecule has 1 heterocycles. The van der Waals surface area contributed by atoms with Crippen LogP contribution in [0, 0.1) is 0 Å². The SMILES string of the molecule is CNC(=O)CNc1nc2ccc(O)cc2o1. The molecular weight excluding hydrogens is 210 g/mol. The molecule has 1 aromatic carbocycles. The van der Waals surface area contributed by atoms with Gasteiger partial charge in [-0.1, -0.05) is 0 Å². The van der Waals surface area contributed by atoms with Crippen molar-refractivity contribution in [3.05, 3.63) is 18.2 Å². The first kappa shape index (κ1) is 10.3. The smallest absolute Gasteiger partial charge is 0.296 e. The Morgan fingerprint density at radius 3 is 3.12 bits per heavy atom. The molecule has 0 unspecified atom stereocenters. The molecule has 1 amide bonds. The predicted molar refractivity (Wildman–Crippen MR) is 58.2 cm³/mol. The van der Waals surface area contributed by atoms with Crippen LogP contribution in [0.15, 0.2) is 22.6 Å². The molecule has 0 spiro atoms. The number of phenols is 1. The molecule has 0 radical (unpaired) electrons. The van der Waals surface area contributed by atoms with Crippen molar-refractivity contribution in [1.29, 1.82) is 0 Å². The predicted octanol–water partition coefficient (Wildman–Crippen LogP) is 0.691. The molecule has 6 nitrogen and oxygen atoms in total. The van der Waals surface area contributed by atoms with E-state index in [9.17, 15) is 9.90 Å². The first-order chi connectivity index (χ1) is 7.69. The van der Waals surface area contributed by atoms with Crippen LogP contribution < -0.4 is 10.6 Å². The second kappa shape index (κ2) is 4.09. The molecule has 0 aliphatic heterocycles. The summed E-state index contributed by atoms with van der Waals surface area (Å²) in [6.07, 6.45) is 0. The normalized spacial score (nSPS) is 10.3. The summed E-state index contributed by atoms with van der Waals surface area (Å²) < 4.78 is 5.28. The minimum Gasteiger partial charge on any atom is -0.508 e. The Morgan fingerprint density at radius 2 is 2.38 bits per heavy atom. The number of anilines is 1. The van der Waals surface area contributed by atoms with Crippen LogP contribution in [0.1, 0.15) is 0 Å². The number of nitrogens with zero attached hydrogens (tertiary/aromatic N) is 1. The summed E-state index contributed by atoms with van der Waals surface area (Å²) in [7, 11) is 1.55. The van der Waals surface area contributed by atoms with Gasteiger partial charge in [-0.05, 0) is 12.1 Å². The van der Waals surface area contributed by atoms with Crippen LogP contribution in [0.4, 0.5) is 6.01 Å². The van der Waals surface area contributed by atoms with E-state index in [1.54, 1.807) is 13.1 Å². The zero-order chi connectivity index (χ0) is 11.5. The summed E-state index contributed by atoms with van der Waals surface area (Å²) in [5, 5.41) is 14.4. The quantitative estimate of drug-likeness (QED) is 0.709. The number of hydrogen-bond donors (Lipinski definition) is 3. The van der Waals surface area contributed by atoms with Crippen LogP contribution in [-0.2, 0) is 4.79 Å². The largest absolute Gasteiger partial charge is 0.508 e. The van der Waals surface area contributed by atoms with Gasteiger partial charge in [-0.15, -0.1) is 0 Å². The van der Waals surface area contributed by atoms with Crippen molar-refractivity contribution < 1.29 is 14.3 Å². The van der Waals surface area contributed by atoms with Crippen LogP contribution in [-0.4, -0.2) is 29.6 Å². The van der Waals surface area contributed by atoms with Gasteiger partial charge >= 0.3 is 0 Å². The zero-order valence-corrected chi connectivity index (χ0v) is 8.65. The van der Waals surface area contributed by atoms with Crippen molar-refractivity contribution in [2.75, 3.05) is 18.9 Å². The van der Waals surface area contributed by atoms with Gasteiger partial charge in [0.1, 0.15) is 11.3 Å². The molecule has 6 heteroatoms. The van der Waals surface area contributed by atoms with Gasteiger partial charge in [-0.25, -0.2) is 0 Å². The van der Waals surface area contributed by atoms with E-state index in [-0.39, 0.29) is 24.2 Å². The van der Waals surface area contributed by atoms with Crippen LogP contribution in [0.5, 0.6) is 5.75 Å². The molecule has 0 atom stereocenters. The van der Waals surface area contributed by atoms with Crippen LogP contribution >= 0.6 is 0 Å². The van der Waals surface area contributed by atoms with E-state index in [0.29, 0.717) is 11.1 Å². The van der Waals surface area contributed by atoms with E-state index < -0.39 is 0 Å². The highest BCUT2D eigenvalue weighted by Gasteiger charge is 2.06. The maximum absolute atomic E-state index is 11.0. The summed E-state index contributed by atoms with van der Waals surface area (Å²) in [6.45, 7) is 0.0926. The molecule has 0 aliphatic carbocycles. The lowest BCUT2D eigenvalue weighted by Gasteiger charge is -1.98. The summed E-state index contributed by atoms with van der Waals surface area (Å²) >= 11 is 0. The van der Waals surface area contributed by atoms with Gasteiger partial charge in [-0.3, -0.25) is 4.79 Å². The van der Waals surface area contributed by atoms with Crippen molar-refractivity contribution in [2.24, 2.45) is 0 Å². The Morgan fingerprint density at radius 1 is 1.56 bits per heavy atom. The number of nitrogens with one attached hydrogen (secondary N) is 2. The number of aromatic nitrogens is 1. The number of carbonyl (C=O) groups excluding carboxylic acids is 1. The van der Waals surface area contributed by atoms with Gasteiger partial charge < -0.3 is 20.2 Å². The van der Waals surface area contributed by atoms with Crippen LogP contribution in [0.25, 0.3) is 11.1 Å². The second-order valence-corrected chi connectivity index (χ2v) is 3.20. The third kappa shape index (κ3) is 2.05.